The van der Waals surface area contributed by atoms with Crippen LogP contribution in [-0.4, -0.2) is 61.7 Å². The van der Waals surface area contributed by atoms with Crippen molar-refractivity contribution in [2.75, 3.05) is 36.4 Å². The fourth-order valence-corrected chi connectivity index (χ4v) is 2.89. The van der Waals surface area contributed by atoms with Crippen LogP contribution >= 0.6 is 0 Å². The quantitative estimate of drug-likeness (QED) is 0.754. The second-order valence-electron chi connectivity index (χ2n) is 5.81. The SMILES string of the molecule is Cc1nc2cncc(N3CCN(C(=O)Nc4ccccn4)CC3)n2n1. The summed E-state index contributed by atoms with van der Waals surface area (Å²) < 4.78 is 1.80. The van der Waals surface area contributed by atoms with Crippen LogP contribution < -0.4 is 10.2 Å². The number of piperazine rings is 1. The maximum atomic E-state index is 12.3. The maximum Gasteiger partial charge on any atom is 0.323 e. The lowest BCUT2D eigenvalue weighted by atomic mass is 10.3. The first-order valence-electron chi connectivity index (χ1n) is 8.10. The van der Waals surface area contributed by atoms with Crippen molar-refractivity contribution >= 4 is 23.3 Å². The normalized spacial score (nSPS) is 14.8. The summed E-state index contributed by atoms with van der Waals surface area (Å²) in [5.74, 6) is 2.16. The number of nitrogens with zero attached hydrogens (tertiary/aromatic N) is 7. The van der Waals surface area contributed by atoms with Gasteiger partial charge in [-0.05, 0) is 19.1 Å². The van der Waals surface area contributed by atoms with Gasteiger partial charge in [0.05, 0.1) is 12.4 Å². The lowest BCUT2D eigenvalue weighted by Crippen LogP contribution is -2.50. The van der Waals surface area contributed by atoms with Gasteiger partial charge >= 0.3 is 6.03 Å². The Bertz CT molecular complexity index is 886. The number of aromatic nitrogens is 5. The first-order valence-corrected chi connectivity index (χ1v) is 8.10. The number of rotatable bonds is 2. The highest BCUT2D eigenvalue weighted by Crippen LogP contribution is 2.17. The third-order valence-electron chi connectivity index (χ3n) is 4.13. The monoisotopic (exact) mass is 338 g/mol. The van der Waals surface area contributed by atoms with E-state index in [4.69, 9.17) is 0 Å². The molecule has 3 aromatic rings. The minimum atomic E-state index is -0.133. The summed E-state index contributed by atoms with van der Waals surface area (Å²) in [6.07, 6.45) is 5.13. The molecule has 1 saturated heterocycles. The number of aryl methyl sites for hydroxylation is 1. The zero-order valence-electron chi connectivity index (χ0n) is 13.8. The second-order valence-corrected chi connectivity index (χ2v) is 5.81. The summed E-state index contributed by atoms with van der Waals surface area (Å²) in [5.41, 5.74) is 0.727. The Morgan fingerprint density at radius 3 is 2.76 bits per heavy atom. The molecular formula is C16H18N8O. The average Bonchev–Trinajstić information content (AvgIpc) is 3.03. The van der Waals surface area contributed by atoms with Gasteiger partial charge in [0.25, 0.3) is 0 Å². The molecule has 0 saturated carbocycles. The van der Waals surface area contributed by atoms with E-state index < -0.39 is 0 Å². The molecule has 1 N–H and O–H groups in total. The van der Waals surface area contributed by atoms with Crippen molar-refractivity contribution in [3.63, 3.8) is 0 Å². The molecule has 0 bridgehead atoms. The minimum absolute atomic E-state index is 0.133. The number of urea groups is 1. The van der Waals surface area contributed by atoms with Crippen LogP contribution in [-0.2, 0) is 0 Å². The van der Waals surface area contributed by atoms with Gasteiger partial charge in [0, 0.05) is 32.4 Å². The molecule has 0 aliphatic carbocycles. The highest BCUT2D eigenvalue weighted by atomic mass is 16.2. The van der Waals surface area contributed by atoms with Gasteiger partial charge in [-0.25, -0.2) is 14.8 Å². The van der Waals surface area contributed by atoms with Crippen molar-refractivity contribution in [1.29, 1.82) is 0 Å². The Labute approximate surface area is 144 Å². The number of pyridine rings is 1. The van der Waals surface area contributed by atoms with E-state index in [1.807, 2.05) is 19.1 Å². The highest BCUT2D eigenvalue weighted by Gasteiger charge is 2.23. The van der Waals surface area contributed by atoms with Crippen molar-refractivity contribution in [3.8, 4) is 0 Å². The van der Waals surface area contributed by atoms with Crippen LogP contribution in [0.25, 0.3) is 5.65 Å². The fraction of sp³-hybridized carbons (Fsp3) is 0.312. The van der Waals surface area contributed by atoms with E-state index in [1.165, 1.54) is 0 Å². The summed E-state index contributed by atoms with van der Waals surface area (Å²) in [6, 6.07) is 5.29. The van der Waals surface area contributed by atoms with Gasteiger partial charge in [0.2, 0.25) is 0 Å². The summed E-state index contributed by atoms with van der Waals surface area (Å²) in [5, 5.41) is 7.24. The van der Waals surface area contributed by atoms with Gasteiger partial charge < -0.3 is 9.80 Å². The highest BCUT2D eigenvalue weighted by molar-refractivity contribution is 5.88. The number of carbonyl (C=O) groups excluding carboxylic acids is 1. The molecule has 1 aliphatic rings. The van der Waals surface area contributed by atoms with Crippen LogP contribution in [0.2, 0.25) is 0 Å². The molecule has 0 aromatic carbocycles. The molecule has 0 atom stereocenters. The van der Waals surface area contributed by atoms with E-state index in [0.717, 1.165) is 11.5 Å². The predicted molar refractivity (Wildman–Crippen MR) is 92.6 cm³/mol. The molecule has 9 heteroatoms. The molecule has 128 valence electrons. The van der Waals surface area contributed by atoms with E-state index in [2.05, 4.69) is 30.3 Å². The van der Waals surface area contributed by atoms with Crippen molar-refractivity contribution in [2.45, 2.75) is 6.92 Å². The first-order chi connectivity index (χ1) is 12.2. The third-order valence-corrected chi connectivity index (χ3v) is 4.13. The average molecular weight is 338 g/mol. The smallest absolute Gasteiger partial charge is 0.323 e. The summed E-state index contributed by atoms with van der Waals surface area (Å²) in [4.78, 5) is 29.0. The molecule has 1 aliphatic heterocycles. The lowest BCUT2D eigenvalue weighted by Gasteiger charge is -2.35. The summed E-state index contributed by atoms with van der Waals surface area (Å²) in [6.45, 7) is 4.49. The van der Waals surface area contributed by atoms with Crippen molar-refractivity contribution in [1.82, 2.24) is 29.5 Å². The lowest BCUT2D eigenvalue weighted by molar-refractivity contribution is 0.208. The van der Waals surface area contributed by atoms with Crippen LogP contribution in [0.15, 0.2) is 36.8 Å². The van der Waals surface area contributed by atoms with E-state index in [1.54, 1.807) is 34.1 Å². The van der Waals surface area contributed by atoms with Gasteiger partial charge in [-0.2, -0.15) is 4.52 Å². The van der Waals surface area contributed by atoms with Gasteiger partial charge in [0.15, 0.2) is 11.5 Å². The van der Waals surface area contributed by atoms with E-state index >= 15 is 0 Å². The minimum Gasteiger partial charge on any atom is -0.352 e. The summed E-state index contributed by atoms with van der Waals surface area (Å²) in [7, 11) is 0. The predicted octanol–water partition coefficient (Wildman–Crippen LogP) is 1.18. The fourth-order valence-electron chi connectivity index (χ4n) is 2.89. The number of hydrogen-bond acceptors (Lipinski definition) is 6. The van der Waals surface area contributed by atoms with E-state index in [0.29, 0.717) is 37.8 Å². The van der Waals surface area contributed by atoms with Gasteiger partial charge in [-0.1, -0.05) is 6.07 Å². The molecule has 0 spiro atoms. The first kappa shape index (κ1) is 15.3. The standard InChI is InChI=1S/C16H18N8O/c1-12-19-14-10-17-11-15(24(14)21-12)22-6-8-23(9-7-22)16(25)20-13-4-2-3-5-18-13/h2-5,10-11H,6-9H2,1H3,(H,18,20,25). The van der Waals surface area contributed by atoms with Crippen LogP contribution in [0.4, 0.5) is 16.4 Å². The topological polar surface area (TPSA) is 91.5 Å². The Hall–Kier alpha value is -3.23. The molecule has 4 heterocycles. The van der Waals surface area contributed by atoms with Crippen LogP contribution in [0, 0.1) is 6.92 Å². The maximum absolute atomic E-state index is 12.3. The molecule has 0 unspecified atom stereocenters. The number of fused-ring (bicyclic) bond motifs is 1. The second kappa shape index (κ2) is 6.34. The van der Waals surface area contributed by atoms with Gasteiger partial charge in [0.1, 0.15) is 11.6 Å². The van der Waals surface area contributed by atoms with Crippen molar-refractivity contribution < 1.29 is 4.79 Å². The van der Waals surface area contributed by atoms with Crippen LogP contribution in [0.5, 0.6) is 0 Å². The van der Waals surface area contributed by atoms with E-state index in [-0.39, 0.29) is 6.03 Å². The Morgan fingerprint density at radius 2 is 2.00 bits per heavy atom. The molecule has 9 nitrogen and oxygen atoms in total. The molecule has 4 rings (SSSR count). The van der Waals surface area contributed by atoms with Gasteiger partial charge in [-0.3, -0.25) is 10.3 Å². The zero-order valence-corrected chi connectivity index (χ0v) is 13.8. The number of hydrogen-bond donors (Lipinski definition) is 1. The van der Waals surface area contributed by atoms with Crippen molar-refractivity contribution in [3.05, 3.63) is 42.6 Å². The van der Waals surface area contributed by atoms with Gasteiger partial charge in [-0.15, -0.1) is 5.10 Å². The Morgan fingerprint density at radius 1 is 1.16 bits per heavy atom. The molecular weight excluding hydrogens is 320 g/mol. The molecule has 3 aromatic heterocycles. The molecule has 25 heavy (non-hydrogen) atoms. The number of amides is 2. The zero-order chi connectivity index (χ0) is 17.2. The van der Waals surface area contributed by atoms with E-state index in [9.17, 15) is 4.79 Å². The van der Waals surface area contributed by atoms with Crippen LogP contribution in [0.1, 0.15) is 5.82 Å². The molecule has 2 amide bonds. The largest absolute Gasteiger partial charge is 0.352 e. The molecule has 1 fully saturated rings. The Kier molecular flexibility index (Phi) is 3.88. The third kappa shape index (κ3) is 3.08. The summed E-state index contributed by atoms with van der Waals surface area (Å²) >= 11 is 0. The van der Waals surface area contributed by atoms with Crippen LogP contribution in [0.3, 0.4) is 0 Å². The Balaban J connectivity index is 1.43. The number of nitrogens with one attached hydrogen (secondary N) is 1. The molecule has 0 radical (unpaired) electrons. The number of anilines is 2. The van der Waals surface area contributed by atoms with Crippen molar-refractivity contribution in [2.24, 2.45) is 0 Å². The number of carbonyl (C=O) groups is 1.